The lowest BCUT2D eigenvalue weighted by Gasteiger charge is -2.27. The zero-order valence-electron chi connectivity index (χ0n) is 8.92. The average molecular weight is 383 g/mol. The Balaban J connectivity index is 2.01. The molecule has 1 fully saturated rings. The number of hydrogen-bond acceptors (Lipinski definition) is 1. The van der Waals surface area contributed by atoms with Gasteiger partial charge in [-0.1, -0.05) is 13.3 Å². The van der Waals surface area contributed by atoms with Gasteiger partial charge in [-0.3, -0.25) is 4.68 Å². The van der Waals surface area contributed by atoms with E-state index in [0.29, 0.717) is 6.04 Å². The van der Waals surface area contributed by atoms with Crippen molar-refractivity contribution in [3.05, 3.63) is 14.4 Å². The van der Waals surface area contributed by atoms with Crippen LogP contribution in [0.4, 0.5) is 0 Å². The Labute approximate surface area is 113 Å². The van der Waals surface area contributed by atoms with Crippen LogP contribution >= 0.6 is 38.5 Å². The maximum absolute atomic E-state index is 4.54. The summed E-state index contributed by atoms with van der Waals surface area (Å²) in [6, 6.07) is 0.632. The highest BCUT2D eigenvalue weighted by Gasteiger charge is 2.22. The minimum absolute atomic E-state index is 0.632. The summed E-state index contributed by atoms with van der Waals surface area (Å²) in [6.07, 6.45) is 8.79. The van der Waals surface area contributed by atoms with Crippen molar-refractivity contribution in [2.45, 2.75) is 45.1 Å². The molecule has 0 N–H and O–H groups in total. The molecule has 1 aromatic heterocycles. The second-order valence-electron chi connectivity index (χ2n) is 4.33. The summed E-state index contributed by atoms with van der Waals surface area (Å²) in [5, 5.41) is 4.54. The molecule has 0 atom stereocenters. The molecule has 2 rings (SSSR count). The van der Waals surface area contributed by atoms with Crippen molar-refractivity contribution in [2.24, 2.45) is 5.92 Å². The van der Waals surface area contributed by atoms with Gasteiger partial charge < -0.3 is 0 Å². The SMILES string of the molecule is CCC1CCC(n2cc(Br)c(I)n2)CC1. The van der Waals surface area contributed by atoms with Gasteiger partial charge in [-0.25, -0.2) is 0 Å². The highest BCUT2D eigenvalue weighted by atomic mass is 127. The quantitative estimate of drug-likeness (QED) is 0.693. The van der Waals surface area contributed by atoms with Crippen LogP contribution in [0.5, 0.6) is 0 Å². The molecule has 0 aromatic carbocycles. The fourth-order valence-corrected chi connectivity index (χ4v) is 3.03. The standard InChI is InChI=1S/C11H16BrIN2/c1-2-8-3-5-9(6-4-8)15-7-10(12)11(13)14-15/h7-9H,2-6H2,1H3. The van der Waals surface area contributed by atoms with Crippen LogP contribution in [0.15, 0.2) is 10.7 Å². The summed E-state index contributed by atoms with van der Waals surface area (Å²) < 4.78 is 4.35. The van der Waals surface area contributed by atoms with Gasteiger partial charge in [0, 0.05) is 6.20 Å². The summed E-state index contributed by atoms with van der Waals surface area (Å²) in [5.74, 6) is 0.958. The Morgan fingerprint density at radius 1 is 1.47 bits per heavy atom. The first-order chi connectivity index (χ1) is 7.20. The molecular formula is C11H16BrIN2. The fourth-order valence-electron chi connectivity index (χ4n) is 2.35. The maximum atomic E-state index is 4.54. The van der Waals surface area contributed by atoms with E-state index >= 15 is 0 Å². The zero-order valence-corrected chi connectivity index (χ0v) is 12.7. The van der Waals surface area contributed by atoms with Crippen molar-refractivity contribution in [3.63, 3.8) is 0 Å². The van der Waals surface area contributed by atoms with E-state index in [-0.39, 0.29) is 0 Å². The molecule has 0 spiro atoms. The van der Waals surface area contributed by atoms with Crippen molar-refractivity contribution in [1.82, 2.24) is 9.78 Å². The Hall–Kier alpha value is 0.420. The van der Waals surface area contributed by atoms with Gasteiger partial charge in [-0.05, 0) is 70.1 Å². The monoisotopic (exact) mass is 382 g/mol. The molecule has 2 nitrogen and oxygen atoms in total. The molecule has 0 saturated heterocycles. The lowest BCUT2D eigenvalue weighted by atomic mass is 9.85. The van der Waals surface area contributed by atoms with Crippen LogP contribution in [0.1, 0.15) is 45.1 Å². The van der Waals surface area contributed by atoms with Crippen molar-refractivity contribution in [1.29, 1.82) is 0 Å². The van der Waals surface area contributed by atoms with Crippen LogP contribution in [0.25, 0.3) is 0 Å². The Kier molecular flexibility index (Phi) is 4.10. The van der Waals surface area contributed by atoms with Gasteiger partial charge in [0.05, 0.1) is 10.5 Å². The van der Waals surface area contributed by atoms with Crippen LogP contribution in [-0.4, -0.2) is 9.78 Å². The third-order valence-corrected chi connectivity index (χ3v) is 5.53. The molecule has 0 bridgehead atoms. The lowest BCUT2D eigenvalue weighted by molar-refractivity contribution is 0.256. The van der Waals surface area contributed by atoms with Crippen LogP contribution < -0.4 is 0 Å². The van der Waals surface area contributed by atoms with E-state index in [4.69, 9.17) is 0 Å². The number of aromatic nitrogens is 2. The summed E-state index contributed by atoms with van der Waals surface area (Å²) in [6.45, 7) is 2.30. The second kappa shape index (κ2) is 5.17. The smallest absolute Gasteiger partial charge is 0.137 e. The summed E-state index contributed by atoms with van der Waals surface area (Å²) >= 11 is 5.79. The number of hydrogen-bond donors (Lipinski definition) is 0. The molecule has 0 unspecified atom stereocenters. The summed E-state index contributed by atoms with van der Waals surface area (Å²) in [7, 11) is 0. The molecule has 0 radical (unpaired) electrons. The summed E-state index contributed by atoms with van der Waals surface area (Å²) in [5.41, 5.74) is 0. The van der Waals surface area contributed by atoms with E-state index in [0.717, 1.165) is 14.1 Å². The first kappa shape index (κ1) is 11.9. The van der Waals surface area contributed by atoms with Crippen LogP contribution in [-0.2, 0) is 0 Å². The van der Waals surface area contributed by atoms with E-state index in [1.807, 2.05) is 0 Å². The Bertz CT molecular complexity index is 310. The Morgan fingerprint density at radius 3 is 2.60 bits per heavy atom. The number of rotatable bonds is 2. The number of halogens is 2. The van der Waals surface area contributed by atoms with Crippen molar-refractivity contribution in [3.8, 4) is 0 Å². The highest BCUT2D eigenvalue weighted by Crippen LogP contribution is 2.34. The average Bonchev–Trinajstić information content (AvgIpc) is 2.59. The topological polar surface area (TPSA) is 17.8 Å². The molecule has 1 saturated carbocycles. The van der Waals surface area contributed by atoms with Crippen LogP contribution in [0.2, 0.25) is 0 Å². The van der Waals surface area contributed by atoms with Gasteiger partial charge in [-0.2, -0.15) is 5.10 Å². The van der Waals surface area contributed by atoms with Gasteiger partial charge in [0.2, 0.25) is 0 Å². The molecule has 84 valence electrons. The molecular weight excluding hydrogens is 367 g/mol. The van der Waals surface area contributed by atoms with E-state index < -0.39 is 0 Å². The van der Waals surface area contributed by atoms with E-state index in [1.165, 1.54) is 32.1 Å². The molecule has 0 aliphatic heterocycles. The fraction of sp³-hybridized carbons (Fsp3) is 0.727. The molecule has 1 heterocycles. The molecule has 4 heteroatoms. The van der Waals surface area contributed by atoms with Gasteiger partial charge in [0.25, 0.3) is 0 Å². The first-order valence-electron chi connectivity index (χ1n) is 5.60. The van der Waals surface area contributed by atoms with Gasteiger partial charge in [0.15, 0.2) is 0 Å². The van der Waals surface area contributed by atoms with Crippen molar-refractivity contribution >= 4 is 38.5 Å². The minimum atomic E-state index is 0.632. The van der Waals surface area contributed by atoms with E-state index in [1.54, 1.807) is 0 Å². The van der Waals surface area contributed by atoms with Crippen molar-refractivity contribution < 1.29 is 0 Å². The summed E-state index contributed by atoms with van der Waals surface area (Å²) in [4.78, 5) is 0. The maximum Gasteiger partial charge on any atom is 0.137 e. The lowest BCUT2D eigenvalue weighted by Crippen LogP contribution is -2.18. The highest BCUT2D eigenvalue weighted by molar-refractivity contribution is 14.1. The Morgan fingerprint density at radius 2 is 2.13 bits per heavy atom. The largest absolute Gasteiger partial charge is 0.267 e. The third kappa shape index (κ3) is 2.75. The normalized spacial score (nSPS) is 26.9. The van der Waals surface area contributed by atoms with Crippen LogP contribution in [0.3, 0.4) is 0 Å². The van der Waals surface area contributed by atoms with Gasteiger partial charge >= 0.3 is 0 Å². The zero-order chi connectivity index (χ0) is 10.8. The second-order valence-corrected chi connectivity index (χ2v) is 6.21. The minimum Gasteiger partial charge on any atom is -0.267 e. The third-order valence-electron chi connectivity index (χ3n) is 3.41. The van der Waals surface area contributed by atoms with Crippen molar-refractivity contribution in [2.75, 3.05) is 0 Å². The molecule has 1 aliphatic carbocycles. The predicted molar refractivity (Wildman–Crippen MR) is 73.9 cm³/mol. The van der Waals surface area contributed by atoms with Gasteiger partial charge in [-0.15, -0.1) is 0 Å². The van der Waals surface area contributed by atoms with Crippen LogP contribution in [0, 0.1) is 9.62 Å². The number of nitrogens with zero attached hydrogens (tertiary/aromatic N) is 2. The molecule has 1 aliphatic rings. The predicted octanol–water partition coefficient (Wildman–Crippen LogP) is 4.39. The van der Waals surface area contributed by atoms with E-state index in [2.05, 4.69) is 61.4 Å². The molecule has 15 heavy (non-hydrogen) atoms. The molecule has 1 aromatic rings. The van der Waals surface area contributed by atoms with Gasteiger partial charge in [0.1, 0.15) is 3.70 Å². The molecule has 0 amide bonds. The first-order valence-corrected chi connectivity index (χ1v) is 7.48. The van der Waals surface area contributed by atoms with E-state index in [9.17, 15) is 0 Å².